The summed E-state index contributed by atoms with van der Waals surface area (Å²) in [4.78, 5) is 12.8. The topological polar surface area (TPSA) is 78.9 Å². The SMILES string of the molecule is CCOC(=O)C(C)(Cc1cccc(OCC)c1)S(=O)(=O)c1ccc(OC)cc1. The van der Waals surface area contributed by atoms with Gasteiger partial charge in [-0.15, -0.1) is 0 Å². The number of benzene rings is 2. The van der Waals surface area contributed by atoms with Crippen molar-refractivity contribution in [3.63, 3.8) is 0 Å². The van der Waals surface area contributed by atoms with E-state index in [1.165, 1.54) is 26.2 Å². The molecule has 7 heteroatoms. The first-order valence-corrected chi connectivity index (χ1v) is 10.5. The number of carbonyl (C=O) groups excluding carboxylic acids is 1. The zero-order chi connectivity index (χ0) is 20.8. The van der Waals surface area contributed by atoms with Crippen molar-refractivity contribution in [2.24, 2.45) is 0 Å². The van der Waals surface area contributed by atoms with Crippen molar-refractivity contribution in [2.75, 3.05) is 20.3 Å². The summed E-state index contributed by atoms with van der Waals surface area (Å²) in [5, 5.41) is 0. The van der Waals surface area contributed by atoms with E-state index in [0.717, 1.165) is 0 Å². The van der Waals surface area contributed by atoms with Gasteiger partial charge in [-0.1, -0.05) is 12.1 Å². The Labute approximate surface area is 166 Å². The molecule has 0 aromatic heterocycles. The number of ether oxygens (including phenoxy) is 3. The van der Waals surface area contributed by atoms with Gasteiger partial charge in [-0.05, 0) is 62.7 Å². The maximum absolute atomic E-state index is 13.4. The van der Waals surface area contributed by atoms with E-state index in [2.05, 4.69) is 0 Å². The van der Waals surface area contributed by atoms with Crippen LogP contribution in [-0.2, 0) is 25.8 Å². The van der Waals surface area contributed by atoms with Gasteiger partial charge in [0.05, 0.1) is 25.2 Å². The second-order valence-corrected chi connectivity index (χ2v) is 8.77. The number of hydrogen-bond acceptors (Lipinski definition) is 6. The predicted octanol–water partition coefficient (Wildman–Crippen LogP) is 3.43. The molecule has 152 valence electrons. The Hall–Kier alpha value is -2.54. The summed E-state index contributed by atoms with van der Waals surface area (Å²) in [6.07, 6.45) is -0.0406. The fourth-order valence-corrected chi connectivity index (χ4v) is 4.53. The van der Waals surface area contributed by atoms with E-state index in [9.17, 15) is 13.2 Å². The highest BCUT2D eigenvalue weighted by molar-refractivity contribution is 7.93. The third-order valence-electron chi connectivity index (χ3n) is 4.42. The lowest BCUT2D eigenvalue weighted by molar-refractivity contribution is -0.145. The van der Waals surface area contributed by atoms with E-state index in [4.69, 9.17) is 14.2 Å². The van der Waals surface area contributed by atoms with E-state index in [1.54, 1.807) is 43.3 Å². The van der Waals surface area contributed by atoms with Crippen LogP contribution in [0.4, 0.5) is 0 Å². The van der Waals surface area contributed by atoms with Gasteiger partial charge < -0.3 is 14.2 Å². The van der Waals surface area contributed by atoms with Gasteiger partial charge in [0.1, 0.15) is 11.5 Å². The molecule has 1 atom stereocenters. The second-order valence-electron chi connectivity index (χ2n) is 6.39. The standard InChI is InChI=1S/C21H26O6S/c1-5-26-18-9-7-8-16(14-18)15-21(3,20(22)27-6-2)28(23,24)19-12-10-17(25-4)11-13-19/h7-14H,5-6,15H2,1-4H3. The lowest BCUT2D eigenvalue weighted by Gasteiger charge is -2.27. The molecular weight excluding hydrogens is 380 g/mol. The number of sulfone groups is 1. The van der Waals surface area contributed by atoms with E-state index in [0.29, 0.717) is 23.7 Å². The first-order valence-electron chi connectivity index (χ1n) is 9.06. The minimum atomic E-state index is -4.04. The highest BCUT2D eigenvalue weighted by atomic mass is 32.2. The third-order valence-corrected chi connectivity index (χ3v) is 6.81. The fraction of sp³-hybridized carbons (Fsp3) is 0.381. The molecule has 2 rings (SSSR count). The van der Waals surface area contributed by atoms with Crippen LogP contribution in [0.1, 0.15) is 26.3 Å². The molecule has 0 aliphatic carbocycles. The van der Waals surface area contributed by atoms with Crippen LogP contribution in [0.5, 0.6) is 11.5 Å². The van der Waals surface area contributed by atoms with Crippen LogP contribution in [0.2, 0.25) is 0 Å². The molecule has 0 spiro atoms. The summed E-state index contributed by atoms with van der Waals surface area (Å²) in [6, 6.07) is 13.0. The van der Waals surface area contributed by atoms with Gasteiger partial charge in [0.2, 0.25) is 0 Å². The smallest absolute Gasteiger partial charge is 0.327 e. The molecule has 2 aromatic carbocycles. The first-order chi connectivity index (χ1) is 13.3. The lowest BCUT2D eigenvalue weighted by atomic mass is 10.00. The van der Waals surface area contributed by atoms with Gasteiger partial charge in [-0.25, -0.2) is 8.42 Å². The molecule has 0 bridgehead atoms. The molecular formula is C21H26O6S. The van der Waals surface area contributed by atoms with Gasteiger partial charge in [0.15, 0.2) is 14.6 Å². The summed E-state index contributed by atoms with van der Waals surface area (Å²) in [6.45, 7) is 5.49. The lowest BCUT2D eigenvalue weighted by Crippen LogP contribution is -2.46. The van der Waals surface area contributed by atoms with Crippen molar-refractivity contribution in [3.05, 3.63) is 54.1 Å². The highest BCUT2D eigenvalue weighted by Crippen LogP contribution is 2.32. The molecule has 1 unspecified atom stereocenters. The van der Waals surface area contributed by atoms with Crippen LogP contribution in [0.25, 0.3) is 0 Å². The first kappa shape index (κ1) is 21.8. The average Bonchev–Trinajstić information content (AvgIpc) is 2.68. The number of carbonyl (C=O) groups is 1. The highest BCUT2D eigenvalue weighted by Gasteiger charge is 2.48. The van der Waals surface area contributed by atoms with E-state index in [-0.39, 0.29) is 17.9 Å². The molecule has 0 saturated heterocycles. The van der Waals surface area contributed by atoms with Crippen molar-refractivity contribution >= 4 is 15.8 Å². The third kappa shape index (κ3) is 4.47. The Morgan fingerprint density at radius 1 is 1.00 bits per heavy atom. The Balaban J connectivity index is 2.49. The molecule has 0 aliphatic rings. The molecule has 28 heavy (non-hydrogen) atoms. The Morgan fingerprint density at radius 2 is 1.68 bits per heavy atom. The molecule has 0 saturated carbocycles. The van der Waals surface area contributed by atoms with Crippen molar-refractivity contribution in [2.45, 2.75) is 36.8 Å². The number of esters is 1. The maximum atomic E-state index is 13.4. The number of rotatable bonds is 9. The quantitative estimate of drug-likeness (QED) is 0.594. The zero-order valence-corrected chi connectivity index (χ0v) is 17.4. The normalized spacial score (nSPS) is 13.4. The van der Waals surface area contributed by atoms with Crippen LogP contribution in [0.3, 0.4) is 0 Å². The average molecular weight is 407 g/mol. The molecule has 0 amide bonds. The second kappa shape index (κ2) is 9.10. The molecule has 6 nitrogen and oxygen atoms in total. The van der Waals surface area contributed by atoms with Gasteiger partial charge in [0, 0.05) is 6.42 Å². The van der Waals surface area contributed by atoms with Gasteiger partial charge in [-0.3, -0.25) is 4.79 Å². The monoisotopic (exact) mass is 406 g/mol. The number of hydrogen-bond donors (Lipinski definition) is 0. The summed E-state index contributed by atoms with van der Waals surface area (Å²) in [7, 11) is -2.54. The molecule has 0 heterocycles. The van der Waals surface area contributed by atoms with Crippen LogP contribution >= 0.6 is 0 Å². The van der Waals surface area contributed by atoms with Crippen molar-refractivity contribution in [3.8, 4) is 11.5 Å². The van der Waals surface area contributed by atoms with Gasteiger partial charge in [0.25, 0.3) is 0 Å². The summed E-state index contributed by atoms with van der Waals surface area (Å²) in [5.74, 6) is 0.363. The van der Waals surface area contributed by atoms with Crippen LogP contribution in [0, 0.1) is 0 Å². The Morgan fingerprint density at radius 3 is 2.25 bits per heavy atom. The number of methoxy groups -OCH3 is 1. The molecule has 0 N–H and O–H groups in total. The van der Waals surface area contributed by atoms with E-state index >= 15 is 0 Å². The van der Waals surface area contributed by atoms with Crippen LogP contribution in [-0.4, -0.2) is 39.5 Å². The molecule has 2 aromatic rings. The summed E-state index contributed by atoms with van der Waals surface area (Å²) in [5.41, 5.74) is 0.665. The van der Waals surface area contributed by atoms with Crippen LogP contribution in [0.15, 0.2) is 53.4 Å². The van der Waals surface area contributed by atoms with Crippen LogP contribution < -0.4 is 9.47 Å². The summed E-state index contributed by atoms with van der Waals surface area (Å²) >= 11 is 0. The Kier molecular flexibility index (Phi) is 7.07. The minimum absolute atomic E-state index is 0.0322. The van der Waals surface area contributed by atoms with Crippen molar-refractivity contribution in [1.29, 1.82) is 0 Å². The summed E-state index contributed by atoms with van der Waals surface area (Å²) < 4.78 is 40.7. The zero-order valence-electron chi connectivity index (χ0n) is 16.6. The van der Waals surface area contributed by atoms with Crippen molar-refractivity contribution < 1.29 is 27.4 Å². The van der Waals surface area contributed by atoms with E-state index < -0.39 is 20.6 Å². The Bertz CT molecular complexity index is 905. The predicted molar refractivity (Wildman–Crippen MR) is 107 cm³/mol. The maximum Gasteiger partial charge on any atom is 0.327 e. The van der Waals surface area contributed by atoms with E-state index in [1.807, 2.05) is 6.92 Å². The van der Waals surface area contributed by atoms with Gasteiger partial charge >= 0.3 is 5.97 Å². The fourth-order valence-electron chi connectivity index (χ4n) is 2.88. The minimum Gasteiger partial charge on any atom is -0.497 e. The largest absolute Gasteiger partial charge is 0.497 e. The molecule has 0 radical (unpaired) electrons. The van der Waals surface area contributed by atoms with Crippen molar-refractivity contribution in [1.82, 2.24) is 0 Å². The van der Waals surface area contributed by atoms with Gasteiger partial charge in [-0.2, -0.15) is 0 Å². The molecule has 0 aliphatic heterocycles. The molecule has 0 fully saturated rings.